The van der Waals surface area contributed by atoms with Gasteiger partial charge in [0.25, 0.3) is 0 Å². The van der Waals surface area contributed by atoms with E-state index in [1.807, 2.05) is 0 Å². The normalized spacial score (nSPS) is 12.5. The molecule has 4 N–H and O–H groups in total. The largest absolute Gasteiger partial charge is 0.326 e. The van der Waals surface area contributed by atoms with Crippen LogP contribution in [0.2, 0.25) is 0 Å². The molecule has 0 amide bonds. The lowest BCUT2D eigenvalue weighted by Gasteiger charge is -2.43. The van der Waals surface area contributed by atoms with Gasteiger partial charge in [0.15, 0.2) is 0 Å². The molecule has 2 aromatic rings. The van der Waals surface area contributed by atoms with Gasteiger partial charge in [-0.1, -0.05) is 76.2 Å². The molecule has 0 saturated heterocycles. The molecule has 22 heavy (non-hydrogen) atoms. The van der Waals surface area contributed by atoms with Crippen molar-refractivity contribution in [3.8, 4) is 0 Å². The number of rotatable bonds is 5. The van der Waals surface area contributed by atoms with Crippen molar-refractivity contribution in [2.45, 2.75) is 51.6 Å². The van der Waals surface area contributed by atoms with E-state index >= 15 is 0 Å². The van der Waals surface area contributed by atoms with Crippen LogP contribution in [-0.4, -0.2) is 0 Å². The molecule has 0 aliphatic rings. The van der Waals surface area contributed by atoms with E-state index in [0.29, 0.717) is 13.1 Å². The molecule has 0 fully saturated rings. The molecule has 0 aromatic heterocycles. The lowest BCUT2D eigenvalue weighted by Crippen LogP contribution is -2.40. The van der Waals surface area contributed by atoms with Crippen LogP contribution in [0.1, 0.15) is 49.9 Å². The first kappa shape index (κ1) is 16.7. The minimum Gasteiger partial charge on any atom is -0.326 e. The van der Waals surface area contributed by atoms with Crippen LogP contribution in [0, 0.1) is 0 Å². The van der Waals surface area contributed by atoms with Gasteiger partial charge in [-0.25, -0.2) is 0 Å². The van der Waals surface area contributed by atoms with E-state index in [1.165, 1.54) is 22.3 Å². The van der Waals surface area contributed by atoms with Gasteiger partial charge in [0.1, 0.15) is 0 Å². The van der Waals surface area contributed by atoms with Crippen molar-refractivity contribution in [2.75, 3.05) is 0 Å². The van der Waals surface area contributed by atoms with E-state index in [9.17, 15) is 0 Å². The summed E-state index contributed by atoms with van der Waals surface area (Å²) >= 11 is 0. The molecule has 0 aliphatic carbocycles. The maximum Gasteiger partial charge on any atom is 0.0178 e. The minimum atomic E-state index is 0.00433. The van der Waals surface area contributed by atoms with Crippen LogP contribution in [0.25, 0.3) is 0 Å². The molecule has 0 saturated carbocycles. The summed E-state index contributed by atoms with van der Waals surface area (Å²) < 4.78 is 0. The Labute approximate surface area is 134 Å². The van der Waals surface area contributed by atoms with E-state index in [2.05, 4.69) is 76.2 Å². The lowest BCUT2D eigenvalue weighted by molar-refractivity contribution is 0.303. The zero-order valence-corrected chi connectivity index (χ0v) is 14.2. The van der Waals surface area contributed by atoms with E-state index in [-0.39, 0.29) is 10.8 Å². The fraction of sp³-hybridized carbons (Fsp3) is 0.400. The van der Waals surface area contributed by atoms with Crippen molar-refractivity contribution in [3.63, 3.8) is 0 Å². The Morgan fingerprint density at radius 1 is 0.591 bits per heavy atom. The van der Waals surface area contributed by atoms with E-state index < -0.39 is 0 Å². The molecule has 0 radical (unpaired) electrons. The van der Waals surface area contributed by atoms with Crippen molar-refractivity contribution in [2.24, 2.45) is 11.5 Å². The first-order chi connectivity index (χ1) is 10.3. The second-order valence-corrected chi connectivity index (χ2v) is 7.05. The molecule has 0 atom stereocenters. The number of benzene rings is 2. The molecule has 2 nitrogen and oxygen atoms in total. The zero-order chi connectivity index (χ0) is 16.4. The van der Waals surface area contributed by atoms with Gasteiger partial charge in [0.05, 0.1) is 0 Å². The number of hydrogen-bond acceptors (Lipinski definition) is 2. The summed E-state index contributed by atoms with van der Waals surface area (Å²) in [5.74, 6) is 0. The topological polar surface area (TPSA) is 52.0 Å². The average Bonchev–Trinajstić information content (AvgIpc) is 2.54. The first-order valence-electron chi connectivity index (χ1n) is 7.92. The van der Waals surface area contributed by atoms with Crippen LogP contribution >= 0.6 is 0 Å². The van der Waals surface area contributed by atoms with Crippen LogP contribution in [0.4, 0.5) is 0 Å². The van der Waals surface area contributed by atoms with Crippen molar-refractivity contribution in [1.82, 2.24) is 0 Å². The van der Waals surface area contributed by atoms with E-state index in [0.717, 1.165) is 0 Å². The highest BCUT2D eigenvalue weighted by Gasteiger charge is 2.39. The maximum atomic E-state index is 5.70. The summed E-state index contributed by atoms with van der Waals surface area (Å²) in [5, 5.41) is 0. The van der Waals surface area contributed by atoms with Crippen LogP contribution in [0.5, 0.6) is 0 Å². The molecule has 0 unspecified atom stereocenters. The second-order valence-electron chi connectivity index (χ2n) is 7.05. The smallest absolute Gasteiger partial charge is 0.0178 e. The quantitative estimate of drug-likeness (QED) is 0.880. The average molecular weight is 296 g/mol. The van der Waals surface area contributed by atoms with Gasteiger partial charge in [0, 0.05) is 13.1 Å². The molecule has 2 aromatic carbocycles. The van der Waals surface area contributed by atoms with Gasteiger partial charge in [-0.15, -0.1) is 0 Å². The van der Waals surface area contributed by atoms with Crippen LogP contribution in [0.3, 0.4) is 0 Å². The van der Waals surface area contributed by atoms with Crippen LogP contribution in [-0.2, 0) is 23.9 Å². The first-order valence-corrected chi connectivity index (χ1v) is 7.92. The van der Waals surface area contributed by atoms with Gasteiger partial charge in [-0.05, 0) is 33.1 Å². The lowest BCUT2D eigenvalue weighted by atomic mass is 9.61. The summed E-state index contributed by atoms with van der Waals surface area (Å²) in [5.41, 5.74) is 16.4. The van der Waals surface area contributed by atoms with Crippen molar-refractivity contribution in [3.05, 3.63) is 70.8 Å². The van der Waals surface area contributed by atoms with Gasteiger partial charge < -0.3 is 11.5 Å². The Kier molecular flexibility index (Phi) is 4.74. The van der Waals surface area contributed by atoms with E-state index in [4.69, 9.17) is 11.5 Å². The highest BCUT2D eigenvalue weighted by atomic mass is 14.5. The SMILES string of the molecule is CC(C)(c1ccc(CN)cc1)C(C)(C)c1ccc(CN)cc1. The van der Waals surface area contributed by atoms with Gasteiger partial charge in [0.2, 0.25) is 0 Å². The van der Waals surface area contributed by atoms with Gasteiger partial charge in [-0.3, -0.25) is 0 Å². The van der Waals surface area contributed by atoms with Crippen molar-refractivity contribution < 1.29 is 0 Å². The zero-order valence-electron chi connectivity index (χ0n) is 14.2. The molecule has 118 valence electrons. The highest BCUT2D eigenvalue weighted by Crippen LogP contribution is 2.43. The molecular formula is C20H28N2. The number of hydrogen-bond donors (Lipinski definition) is 2. The third-order valence-corrected chi connectivity index (χ3v) is 5.39. The molecule has 0 bridgehead atoms. The number of nitrogens with two attached hydrogens (primary N) is 2. The molecular weight excluding hydrogens is 268 g/mol. The minimum absolute atomic E-state index is 0.00433. The Hall–Kier alpha value is -1.64. The summed E-state index contributed by atoms with van der Waals surface area (Å²) in [7, 11) is 0. The Morgan fingerprint density at radius 3 is 1.09 bits per heavy atom. The predicted molar refractivity (Wildman–Crippen MR) is 94.7 cm³/mol. The summed E-state index contributed by atoms with van der Waals surface area (Å²) in [6.45, 7) is 10.4. The highest BCUT2D eigenvalue weighted by molar-refractivity contribution is 5.38. The van der Waals surface area contributed by atoms with Gasteiger partial charge >= 0.3 is 0 Å². The molecule has 0 aliphatic heterocycles. The second kappa shape index (κ2) is 6.23. The van der Waals surface area contributed by atoms with Crippen LogP contribution < -0.4 is 11.5 Å². The Balaban J connectivity index is 2.39. The van der Waals surface area contributed by atoms with E-state index in [1.54, 1.807) is 0 Å². The van der Waals surface area contributed by atoms with Crippen LogP contribution in [0.15, 0.2) is 48.5 Å². The van der Waals surface area contributed by atoms with Crippen molar-refractivity contribution >= 4 is 0 Å². The summed E-state index contributed by atoms with van der Waals surface area (Å²) in [6.07, 6.45) is 0. The van der Waals surface area contributed by atoms with Gasteiger partial charge in [-0.2, -0.15) is 0 Å². The molecule has 2 rings (SSSR count). The summed E-state index contributed by atoms with van der Waals surface area (Å²) in [6, 6.07) is 17.3. The summed E-state index contributed by atoms with van der Waals surface area (Å²) in [4.78, 5) is 0. The third-order valence-electron chi connectivity index (χ3n) is 5.39. The maximum absolute atomic E-state index is 5.70. The standard InChI is InChI=1S/C20H28N2/c1-19(2,17-9-5-15(13-21)6-10-17)20(3,4)18-11-7-16(14-22)8-12-18/h5-12H,13-14,21-22H2,1-4H3. The molecule has 0 heterocycles. The third kappa shape index (κ3) is 2.94. The Morgan fingerprint density at radius 2 is 0.864 bits per heavy atom. The van der Waals surface area contributed by atoms with Crippen molar-refractivity contribution in [1.29, 1.82) is 0 Å². The fourth-order valence-corrected chi connectivity index (χ4v) is 2.84. The Bertz CT molecular complexity index is 550. The molecule has 2 heteroatoms. The molecule has 0 spiro atoms. The fourth-order valence-electron chi connectivity index (χ4n) is 2.84. The predicted octanol–water partition coefficient (Wildman–Crippen LogP) is 3.86. The monoisotopic (exact) mass is 296 g/mol.